The standard InChI is InChI=1S/C4H14O5Si2.4C2H4O2/c1-3-10(5,6)9-11(7,8)4-2;4*1-2(3)4/h5-8H,3-4H2,1-2H3;4*1H3,(H,3,4). The molecule has 0 aromatic rings. The fourth-order valence-corrected chi connectivity index (χ4v) is 3.66. The molecule has 15 heteroatoms. The molecule has 0 saturated heterocycles. The largest absolute Gasteiger partial charge is 0.487 e. The van der Waals surface area contributed by atoms with Crippen LogP contribution in [-0.2, 0) is 23.3 Å². The highest BCUT2D eigenvalue weighted by atomic mass is 28.5. The van der Waals surface area contributed by atoms with E-state index in [9.17, 15) is 0 Å². The first-order valence-corrected chi connectivity index (χ1v) is 11.2. The molecule has 0 unspecified atom stereocenters. The lowest BCUT2D eigenvalue weighted by molar-refractivity contribution is -0.135. The molecule has 8 N–H and O–H groups in total. The molecule has 27 heavy (non-hydrogen) atoms. The number of rotatable bonds is 4. The van der Waals surface area contributed by atoms with Gasteiger partial charge in [0.05, 0.1) is 0 Å². The van der Waals surface area contributed by atoms with Crippen LogP contribution in [0.4, 0.5) is 0 Å². The van der Waals surface area contributed by atoms with Gasteiger partial charge in [-0.3, -0.25) is 19.2 Å². The lowest BCUT2D eigenvalue weighted by atomic mass is 10.9. The van der Waals surface area contributed by atoms with E-state index in [1.165, 1.54) is 13.8 Å². The molecule has 164 valence electrons. The summed E-state index contributed by atoms with van der Waals surface area (Å²) < 4.78 is 4.42. The van der Waals surface area contributed by atoms with Gasteiger partial charge in [0.1, 0.15) is 0 Å². The maximum atomic E-state index is 9.00. The normalized spacial score (nSPS) is 9.26. The molecule has 0 radical (unpaired) electrons. The van der Waals surface area contributed by atoms with Crippen molar-refractivity contribution in [2.24, 2.45) is 0 Å². The first kappa shape index (κ1) is 36.1. The SMILES string of the molecule is CC(=O)O.CC(=O)O.CC(=O)O.CC(=O)O.CC[Si](O)(O)O[Si](O)(O)CC. The highest BCUT2D eigenvalue weighted by Crippen LogP contribution is 2.11. The Balaban J connectivity index is -0.0000000841. The maximum absolute atomic E-state index is 9.00. The first-order valence-electron chi connectivity index (χ1n) is 7.13. The van der Waals surface area contributed by atoms with Gasteiger partial charge in [-0.05, 0) is 0 Å². The summed E-state index contributed by atoms with van der Waals surface area (Å²) in [5, 5.41) is 29.7. The fourth-order valence-electron chi connectivity index (χ4n) is 0.406. The lowest BCUT2D eigenvalue weighted by Gasteiger charge is -2.23. The first-order chi connectivity index (χ1) is 11.8. The van der Waals surface area contributed by atoms with E-state index in [2.05, 4.69) is 4.12 Å². The van der Waals surface area contributed by atoms with E-state index in [0.717, 1.165) is 27.7 Å². The van der Waals surface area contributed by atoms with E-state index in [4.69, 9.17) is 58.8 Å². The third-order valence-electron chi connectivity index (χ3n) is 1.25. The van der Waals surface area contributed by atoms with Gasteiger partial charge in [-0.25, -0.2) is 0 Å². The topological polar surface area (TPSA) is 239 Å². The fraction of sp³-hybridized carbons (Fsp3) is 0.667. The Hall–Kier alpha value is -1.89. The lowest BCUT2D eigenvalue weighted by Crippen LogP contribution is -2.52. The second-order valence-electron chi connectivity index (χ2n) is 4.37. The molecule has 0 atom stereocenters. The molecule has 13 nitrogen and oxygen atoms in total. The molecule has 0 aromatic carbocycles. The number of hydrogen-bond donors (Lipinski definition) is 8. The Morgan fingerprint density at radius 1 is 0.593 bits per heavy atom. The summed E-state index contributed by atoms with van der Waals surface area (Å²) in [6, 6.07) is 0.0613. The van der Waals surface area contributed by atoms with E-state index in [1.807, 2.05) is 0 Å². The summed E-state index contributed by atoms with van der Waals surface area (Å²) in [6.45, 7) is 7.37. The van der Waals surface area contributed by atoms with Crippen molar-refractivity contribution in [1.29, 1.82) is 0 Å². The summed E-state index contributed by atoms with van der Waals surface area (Å²) in [5.41, 5.74) is 0. The maximum Gasteiger partial charge on any atom is 0.487 e. The number of carboxylic acids is 4. The Bertz CT molecular complexity index is 346. The van der Waals surface area contributed by atoms with Gasteiger partial charge < -0.3 is 43.7 Å². The average Bonchev–Trinajstić information content (AvgIpc) is 2.35. The molecule has 0 fully saturated rings. The monoisotopic (exact) mass is 438 g/mol. The van der Waals surface area contributed by atoms with Gasteiger partial charge in [0.25, 0.3) is 23.9 Å². The van der Waals surface area contributed by atoms with Crippen molar-refractivity contribution < 1.29 is 62.9 Å². The van der Waals surface area contributed by atoms with Gasteiger partial charge in [-0.15, -0.1) is 0 Å². The minimum absolute atomic E-state index is 0.0306. The predicted molar refractivity (Wildman–Crippen MR) is 95.7 cm³/mol. The highest BCUT2D eigenvalue weighted by Gasteiger charge is 2.42. The van der Waals surface area contributed by atoms with Crippen LogP contribution in [0.25, 0.3) is 0 Å². The van der Waals surface area contributed by atoms with Gasteiger partial charge in [-0.2, -0.15) is 0 Å². The van der Waals surface area contributed by atoms with Crippen LogP contribution >= 0.6 is 0 Å². The Morgan fingerprint density at radius 3 is 0.778 bits per heavy atom. The van der Waals surface area contributed by atoms with Crippen LogP contribution in [0.5, 0.6) is 0 Å². The van der Waals surface area contributed by atoms with Crippen LogP contribution in [0, 0.1) is 0 Å². The third-order valence-corrected chi connectivity index (χ3v) is 5.71. The van der Waals surface area contributed by atoms with Crippen LogP contribution in [0.3, 0.4) is 0 Å². The highest BCUT2D eigenvalue weighted by molar-refractivity contribution is 6.72. The zero-order chi connectivity index (χ0) is 23.4. The molecule has 0 bridgehead atoms. The van der Waals surface area contributed by atoms with E-state index in [1.54, 1.807) is 0 Å². The summed E-state index contributed by atoms with van der Waals surface area (Å²) in [5.74, 6) is -3.33. The Kier molecular flexibility index (Phi) is 27.3. The second-order valence-corrected chi connectivity index (χ2v) is 9.57. The number of aliphatic carboxylic acids is 4. The number of carbonyl (C=O) groups is 4. The molecular weight excluding hydrogens is 408 g/mol. The van der Waals surface area contributed by atoms with Crippen LogP contribution < -0.4 is 0 Å². The summed E-state index contributed by atoms with van der Waals surface area (Å²) in [7, 11) is -7.54. The molecule has 0 saturated carbocycles. The number of hydrogen-bond acceptors (Lipinski definition) is 9. The molecule has 0 rings (SSSR count). The quantitative estimate of drug-likeness (QED) is 0.252. The van der Waals surface area contributed by atoms with Gasteiger partial charge in [0.2, 0.25) is 0 Å². The van der Waals surface area contributed by atoms with Crippen LogP contribution in [0.2, 0.25) is 12.1 Å². The van der Waals surface area contributed by atoms with Crippen LogP contribution in [0.15, 0.2) is 0 Å². The van der Waals surface area contributed by atoms with Crippen LogP contribution in [0.1, 0.15) is 41.5 Å². The molecule has 0 aliphatic heterocycles. The van der Waals surface area contributed by atoms with E-state index < -0.39 is 41.5 Å². The zero-order valence-electron chi connectivity index (χ0n) is 16.0. The van der Waals surface area contributed by atoms with Crippen molar-refractivity contribution in [3.8, 4) is 0 Å². The average molecular weight is 439 g/mol. The van der Waals surface area contributed by atoms with E-state index >= 15 is 0 Å². The smallest absolute Gasteiger partial charge is 0.481 e. The Morgan fingerprint density at radius 2 is 0.704 bits per heavy atom. The Labute approximate surface area is 158 Å². The molecule has 0 amide bonds. The van der Waals surface area contributed by atoms with Gasteiger partial charge >= 0.3 is 17.6 Å². The molecule has 0 heterocycles. The minimum Gasteiger partial charge on any atom is -0.481 e. The van der Waals surface area contributed by atoms with Crippen molar-refractivity contribution in [3.63, 3.8) is 0 Å². The van der Waals surface area contributed by atoms with Crippen molar-refractivity contribution in [1.82, 2.24) is 0 Å². The predicted octanol–water partition coefficient (Wildman–Crippen LogP) is -0.747. The summed E-state index contributed by atoms with van der Waals surface area (Å²) >= 11 is 0. The molecule has 0 spiro atoms. The van der Waals surface area contributed by atoms with Crippen molar-refractivity contribution in [2.45, 2.75) is 53.6 Å². The van der Waals surface area contributed by atoms with Crippen LogP contribution in [-0.4, -0.2) is 81.1 Å². The molecule has 0 aliphatic rings. The van der Waals surface area contributed by atoms with Crippen molar-refractivity contribution >= 4 is 41.5 Å². The summed E-state index contributed by atoms with van der Waals surface area (Å²) in [6.07, 6.45) is 0. The van der Waals surface area contributed by atoms with Gasteiger partial charge in [-0.1, -0.05) is 13.8 Å². The van der Waals surface area contributed by atoms with Crippen molar-refractivity contribution in [3.05, 3.63) is 0 Å². The van der Waals surface area contributed by atoms with Crippen molar-refractivity contribution in [2.75, 3.05) is 0 Å². The second kappa shape index (κ2) is 20.4. The van der Waals surface area contributed by atoms with E-state index in [0.29, 0.717) is 0 Å². The summed E-state index contributed by atoms with van der Waals surface area (Å²) in [4.78, 5) is 71.9. The number of carboxylic acid groups (broad SMARTS) is 4. The van der Waals surface area contributed by atoms with E-state index in [-0.39, 0.29) is 12.1 Å². The van der Waals surface area contributed by atoms with Gasteiger partial charge in [0, 0.05) is 39.8 Å². The third kappa shape index (κ3) is 115. The molecule has 0 aliphatic carbocycles. The zero-order valence-corrected chi connectivity index (χ0v) is 18.0. The molecular formula is C12H30O13Si2. The van der Waals surface area contributed by atoms with Gasteiger partial charge in [0.15, 0.2) is 0 Å². The minimum atomic E-state index is -3.77. The molecule has 0 aromatic heterocycles.